The lowest BCUT2D eigenvalue weighted by atomic mass is 9.98. The van der Waals surface area contributed by atoms with Gasteiger partial charge in [-0.2, -0.15) is 0 Å². The van der Waals surface area contributed by atoms with Crippen molar-refractivity contribution in [2.45, 2.75) is 6.92 Å². The summed E-state index contributed by atoms with van der Waals surface area (Å²) in [5, 5.41) is 13.9. The van der Waals surface area contributed by atoms with Crippen LogP contribution >= 0.6 is 0 Å². The molecule has 9 aromatic rings. The van der Waals surface area contributed by atoms with Gasteiger partial charge in [-0.3, -0.25) is 5.41 Å². The van der Waals surface area contributed by atoms with Crippen molar-refractivity contribution in [2.24, 2.45) is 12.0 Å². The molecule has 5 nitrogen and oxygen atoms in total. The molecule has 2 aromatic heterocycles. The first-order valence-corrected chi connectivity index (χ1v) is 19.0. The molecule has 5 heteroatoms. The minimum atomic E-state index is 0.208. The highest BCUT2D eigenvalue weighted by molar-refractivity contribution is 6.15. The molecule has 0 saturated carbocycles. The summed E-state index contributed by atoms with van der Waals surface area (Å²) in [5.74, 6) is 0.916. The Kier molecular flexibility index (Phi) is 8.96. The fourth-order valence-electron chi connectivity index (χ4n) is 7.98. The monoisotopic (exact) mass is 723 g/mol. The van der Waals surface area contributed by atoms with E-state index in [-0.39, 0.29) is 5.84 Å². The van der Waals surface area contributed by atoms with E-state index in [9.17, 15) is 0 Å². The van der Waals surface area contributed by atoms with Gasteiger partial charge in [0, 0.05) is 69.7 Å². The molecule has 270 valence electrons. The lowest BCUT2D eigenvalue weighted by Gasteiger charge is -2.17. The van der Waals surface area contributed by atoms with E-state index < -0.39 is 0 Å². The number of aliphatic imine (C=N–C) groups is 1. The fourth-order valence-corrected chi connectivity index (χ4v) is 7.98. The van der Waals surface area contributed by atoms with Crippen LogP contribution in [0.5, 0.6) is 0 Å². The first kappa shape index (κ1) is 34.5. The van der Waals surface area contributed by atoms with Crippen LogP contribution in [0.4, 0.5) is 0 Å². The maximum atomic E-state index is 8.99. The van der Waals surface area contributed by atoms with Crippen molar-refractivity contribution >= 4 is 55.3 Å². The molecule has 0 aliphatic rings. The van der Waals surface area contributed by atoms with E-state index in [1.807, 2.05) is 85.8 Å². The van der Waals surface area contributed by atoms with E-state index in [0.717, 1.165) is 27.9 Å². The first-order valence-electron chi connectivity index (χ1n) is 19.0. The predicted octanol–water partition coefficient (Wildman–Crippen LogP) is 12.6. The molecule has 7 aromatic carbocycles. The lowest BCUT2D eigenvalue weighted by molar-refractivity contribution is 0.690. The first-order chi connectivity index (χ1) is 27.5. The van der Waals surface area contributed by atoms with Crippen LogP contribution in [0.15, 0.2) is 193 Å². The molecule has 0 atom stereocenters. The van der Waals surface area contributed by atoms with Crippen LogP contribution in [-0.2, 0) is 7.05 Å². The third-order valence-electron chi connectivity index (χ3n) is 10.7. The second-order valence-electron chi connectivity index (χ2n) is 14.1. The third-order valence-corrected chi connectivity index (χ3v) is 10.7. The molecule has 0 spiro atoms. The van der Waals surface area contributed by atoms with Crippen molar-refractivity contribution in [1.29, 1.82) is 5.41 Å². The molecule has 0 unspecified atom stereocenters. The minimum absolute atomic E-state index is 0.208. The summed E-state index contributed by atoms with van der Waals surface area (Å²) < 4.78 is 4.67. The molecule has 0 amide bonds. The Hall–Kier alpha value is -7.24. The second-order valence-corrected chi connectivity index (χ2v) is 14.1. The number of amidine groups is 2. The number of aromatic nitrogens is 2. The Bertz CT molecular complexity index is 3000. The quantitative estimate of drug-likeness (QED) is 0.0993. The van der Waals surface area contributed by atoms with E-state index in [0.29, 0.717) is 5.84 Å². The van der Waals surface area contributed by atoms with Gasteiger partial charge in [-0.25, -0.2) is 4.99 Å². The zero-order valence-electron chi connectivity index (χ0n) is 31.7. The molecular formula is C51H41N5. The van der Waals surface area contributed by atoms with Crippen molar-refractivity contribution in [3.63, 3.8) is 0 Å². The van der Waals surface area contributed by atoms with Crippen molar-refractivity contribution in [3.05, 3.63) is 199 Å². The summed E-state index contributed by atoms with van der Waals surface area (Å²) >= 11 is 0. The number of nitrogens with zero attached hydrogens (tertiary/aromatic N) is 4. The average molecular weight is 724 g/mol. The van der Waals surface area contributed by atoms with Gasteiger partial charge in [0.25, 0.3) is 0 Å². The number of para-hydroxylation sites is 3. The smallest absolute Gasteiger partial charge is 0.154 e. The van der Waals surface area contributed by atoms with Gasteiger partial charge >= 0.3 is 0 Å². The van der Waals surface area contributed by atoms with Gasteiger partial charge in [0.15, 0.2) is 5.84 Å². The number of fused-ring (bicyclic) bond motifs is 6. The molecule has 9 rings (SSSR count). The zero-order chi connectivity index (χ0) is 38.2. The molecule has 0 saturated heterocycles. The predicted molar refractivity (Wildman–Crippen MR) is 237 cm³/mol. The molecule has 0 fully saturated rings. The normalized spacial score (nSPS) is 12.2. The van der Waals surface area contributed by atoms with Gasteiger partial charge in [0.2, 0.25) is 0 Å². The molecule has 0 aliphatic carbocycles. The van der Waals surface area contributed by atoms with E-state index in [4.69, 9.17) is 10.4 Å². The number of hydrogen-bond donors (Lipinski definition) is 1. The summed E-state index contributed by atoms with van der Waals surface area (Å²) in [6.45, 7) is 1.99. The molecule has 0 radical (unpaired) electrons. The number of hydrogen-bond acceptors (Lipinski definition) is 1. The van der Waals surface area contributed by atoms with Gasteiger partial charge in [-0.1, -0.05) is 133 Å². The molecular weight excluding hydrogens is 683 g/mol. The van der Waals surface area contributed by atoms with Crippen LogP contribution in [0, 0.1) is 5.41 Å². The molecule has 2 heterocycles. The lowest BCUT2D eigenvalue weighted by Crippen LogP contribution is -2.23. The third kappa shape index (κ3) is 6.09. The number of benzene rings is 7. The fraction of sp³-hybridized carbons (Fsp3) is 0.0588. The van der Waals surface area contributed by atoms with Crippen molar-refractivity contribution in [2.75, 3.05) is 7.05 Å². The zero-order valence-corrected chi connectivity index (χ0v) is 31.7. The van der Waals surface area contributed by atoms with E-state index in [2.05, 4.69) is 138 Å². The van der Waals surface area contributed by atoms with Crippen LogP contribution in [0.1, 0.15) is 18.1 Å². The van der Waals surface area contributed by atoms with E-state index in [1.54, 1.807) is 0 Å². The summed E-state index contributed by atoms with van der Waals surface area (Å²) in [4.78, 5) is 6.77. The van der Waals surface area contributed by atoms with Gasteiger partial charge < -0.3 is 14.0 Å². The number of nitrogens with one attached hydrogen (secondary N) is 1. The van der Waals surface area contributed by atoms with Crippen LogP contribution in [0.2, 0.25) is 0 Å². The highest BCUT2D eigenvalue weighted by atomic mass is 15.2. The Morgan fingerprint density at radius 1 is 0.571 bits per heavy atom. The van der Waals surface area contributed by atoms with Crippen LogP contribution < -0.4 is 0 Å². The van der Waals surface area contributed by atoms with Crippen molar-refractivity contribution in [1.82, 2.24) is 14.0 Å². The Balaban J connectivity index is 1.07. The van der Waals surface area contributed by atoms with Crippen LogP contribution in [-0.4, -0.2) is 32.8 Å². The molecule has 56 heavy (non-hydrogen) atoms. The summed E-state index contributed by atoms with van der Waals surface area (Å²) in [7, 11) is 4.11. The summed E-state index contributed by atoms with van der Waals surface area (Å²) in [6, 6.07) is 57.8. The highest BCUT2D eigenvalue weighted by Crippen LogP contribution is 2.39. The molecule has 1 N–H and O–H groups in total. The summed E-state index contributed by atoms with van der Waals surface area (Å²) in [5.41, 5.74) is 12.3. The van der Waals surface area contributed by atoms with Gasteiger partial charge in [-0.05, 0) is 72.2 Å². The Morgan fingerprint density at radius 2 is 1.18 bits per heavy atom. The number of allylic oxidation sites excluding steroid dienone is 3. The largest absolute Gasteiger partial charge is 0.343 e. The maximum Gasteiger partial charge on any atom is 0.154 e. The molecule has 0 bridgehead atoms. The minimum Gasteiger partial charge on any atom is -0.343 e. The topological polar surface area (TPSA) is 49.3 Å². The van der Waals surface area contributed by atoms with Crippen molar-refractivity contribution in [3.8, 4) is 27.9 Å². The van der Waals surface area contributed by atoms with Crippen LogP contribution in [0.25, 0.3) is 71.6 Å². The number of rotatable bonds is 7. The highest BCUT2D eigenvalue weighted by Gasteiger charge is 2.17. The second kappa shape index (κ2) is 14.5. The van der Waals surface area contributed by atoms with E-state index in [1.165, 1.54) is 54.7 Å². The number of aryl methyl sites for hydroxylation is 1. The van der Waals surface area contributed by atoms with Crippen LogP contribution in [0.3, 0.4) is 0 Å². The van der Waals surface area contributed by atoms with Gasteiger partial charge in [0.05, 0.1) is 16.6 Å². The Morgan fingerprint density at radius 3 is 1.91 bits per heavy atom. The standard InChI is InChI=1S/C51H41N5/c1-4-5-14-32-54(2)51(37-16-8-6-9-17-37)53-50(52)36-26-24-35(25-27-36)41-21-15-22-43-45-34-38(28-30-46(45)55(3)49(41)43)39-29-31-48-44(33-39)42-20-12-13-23-47(42)56(48)40-18-10-7-11-19-40/h4-34,52H,1-3H3/b5-4-,32-14?,52-50?,53-51-. The Labute approximate surface area is 326 Å². The molecule has 0 aliphatic heterocycles. The maximum absolute atomic E-state index is 8.99. The SMILES string of the molecule is C/C=C\C=CN(C)/C(=N\C(=N)c1ccc(-c2cccc3c4cc(-c5ccc6c(c5)c5ccccc5n6-c5ccccc5)ccc4n(C)c23)cc1)c1ccccc1. The average Bonchev–Trinajstić information content (AvgIpc) is 3.74. The van der Waals surface area contributed by atoms with Gasteiger partial charge in [-0.15, -0.1) is 0 Å². The summed E-state index contributed by atoms with van der Waals surface area (Å²) in [6.07, 6.45) is 7.89. The van der Waals surface area contributed by atoms with Crippen molar-refractivity contribution < 1.29 is 0 Å². The van der Waals surface area contributed by atoms with E-state index >= 15 is 0 Å². The van der Waals surface area contributed by atoms with Gasteiger partial charge in [0.1, 0.15) is 5.84 Å².